The van der Waals surface area contributed by atoms with Crippen LogP contribution in [0.3, 0.4) is 0 Å². The molecule has 0 radical (unpaired) electrons. The summed E-state index contributed by atoms with van der Waals surface area (Å²) < 4.78 is 3.39. The molecule has 0 saturated carbocycles. The fourth-order valence-electron chi connectivity index (χ4n) is 3.37. The Hall–Kier alpha value is -3.35. The van der Waals surface area contributed by atoms with Gasteiger partial charge in [0.25, 0.3) is 0 Å². The second kappa shape index (κ2) is 7.11. The summed E-state index contributed by atoms with van der Waals surface area (Å²) in [6.45, 7) is 3.22. The van der Waals surface area contributed by atoms with Gasteiger partial charge in [-0.15, -0.1) is 0 Å². The van der Waals surface area contributed by atoms with Gasteiger partial charge in [0, 0.05) is 19.5 Å². The SMILES string of the molecule is CCn1c(=O)n(CCC(=O)NCc2nc3ccccc3[nH]2)c2ccccc21. The number of amides is 1. The minimum absolute atomic E-state index is 0.0798. The van der Waals surface area contributed by atoms with E-state index < -0.39 is 0 Å². The monoisotopic (exact) mass is 363 g/mol. The summed E-state index contributed by atoms with van der Waals surface area (Å²) in [5.74, 6) is 0.597. The van der Waals surface area contributed by atoms with Crippen molar-refractivity contribution in [1.82, 2.24) is 24.4 Å². The summed E-state index contributed by atoms with van der Waals surface area (Å²) in [6, 6.07) is 15.4. The van der Waals surface area contributed by atoms with E-state index in [-0.39, 0.29) is 18.0 Å². The molecule has 4 rings (SSSR count). The molecule has 0 aliphatic carbocycles. The number of fused-ring (bicyclic) bond motifs is 2. The number of H-pyrrole nitrogens is 1. The molecule has 2 heterocycles. The highest BCUT2D eigenvalue weighted by atomic mass is 16.2. The van der Waals surface area contributed by atoms with Crippen LogP contribution in [-0.2, 0) is 24.4 Å². The molecule has 2 aromatic carbocycles. The number of aromatic nitrogens is 4. The number of rotatable bonds is 6. The van der Waals surface area contributed by atoms with Gasteiger partial charge in [0.05, 0.1) is 28.6 Å². The van der Waals surface area contributed by atoms with Crippen LogP contribution in [0.4, 0.5) is 0 Å². The van der Waals surface area contributed by atoms with Crippen molar-refractivity contribution >= 4 is 28.0 Å². The summed E-state index contributed by atoms with van der Waals surface area (Å²) >= 11 is 0. The summed E-state index contributed by atoms with van der Waals surface area (Å²) in [6.07, 6.45) is 0.234. The van der Waals surface area contributed by atoms with Crippen LogP contribution < -0.4 is 11.0 Å². The fourth-order valence-corrected chi connectivity index (χ4v) is 3.37. The molecule has 4 aromatic rings. The zero-order chi connectivity index (χ0) is 18.8. The molecule has 0 atom stereocenters. The van der Waals surface area contributed by atoms with Gasteiger partial charge in [-0.1, -0.05) is 24.3 Å². The van der Waals surface area contributed by atoms with Crippen LogP contribution in [0.25, 0.3) is 22.1 Å². The van der Waals surface area contributed by atoms with Crippen LogP contribution in [0.2, 0.25) is 0 Å². The first kappa shape index (κ1) is 17.1. The number of nitrogens with zero attached hydrogens (tertiary/aromatic N) is 3. The van der Waals surface area contributed by atoms with Gasteiger partial charge in [0.15, 0.2) is 0 Å². The van der Waals surface area contributed by atoms with Gasteiger partial charge >= 0.3 is 5.69 Å². The number of para-hydroxylation sites is 4. The lowest BCUT2D eigenvalue weighted by Gasteiger charge is -2.05. The Morgan fingerprint density at radius 3 is 2.52 bits per heavy atom. The largest absolute Gasteiger partial charge is 0.349 e. The lowest BCUT2D eigenvalue weighted by molar-refractivity contribution is -0.121. The van der Waals surface area contributed by atoms with Crippen LogP contribution in [0.5, 0.6) is 0 Å². The molecule has 2 N–H and O–H groups in total. The molecule has 0 saturated heterocycles. The highest BCUT2D eigenvalue weighted by Gasteiger charge is 2.13. The molecule has 0 unspecified atom stereocenters. The lowest BCUT2D eigenvalue weighted by Crippen LogP contribution is -2.28. The first-order chi connectivity index (χ1) is 13.2. The van der Waals surface area contributed by atoms with E-state index in [1.807, 2.05) is 55.5 Å². The van der Waals surface area contributed by atoms with Gasteiger partial charge in [-0.2, -0.15) is 0 Å². The second-order valence-corrected chi connectivity index (χ2v) is 6.39. The van der Waals surface area contributed by atoms with E-state index in [0.29, 0.717) is 25.5 Å². The minimum Gasteiger partial charge on any atom is -0.349 e. The predicted octanol–water partition coefficient (Wildman–Crippen LogP) is 2.41. The molecule has 0 fully saturated rings. The number of carbonyl (C=O) groups is 1. The Kier molecular flexibility index (Phi) is 4.50. The average Bonchev–Trinajstić information content (AvgIpc) is 3.22. The number of hydrogen-bond acceptors (Lipinski definition) is 3. The number of carbonyl (C=O) groups excluding carboxylic acids is 1. The highest BCUT2D eigenvalue weighted by Crippen LogP contribution is 2.13. The smallest absolute Gasteiger partial charge is 0.329 e. The van der Waals surface area contributed by atoms with Gasteiger partial charge in [-0.3, -0.25) is 13.9 Å². The highest BCUT2D eigenvalue weighted by molar-refractivity contribution is 5.78. The third-order valence-corrected chi connectivity index (χ3v) is 4.70. The summed E-state index contributed by atoms with van der Waals surface area (Å²) in [5.41, 5.74) is 3.49. The van der Waals surface area contributed by atoms with Crippen molar-refractivity contribution in [1.29, 1.82) is 0 Å². The number of nitrogens with one attached hydrogen (secondary N) is 2. The van der Waals surface area contributed by atoms with Crippen molar-refractivity contribution < 1.29 is 4.79 Å². The zero-order valence-electron chi connectivity index (χ0n) is 15.1. The molecule has 27 heavy (non-hydrogen) atoms. The van der Waals surface area contributed by atoms with Crippen LogP contribution in [0, 0.1) is 0 Å². The van der Waals surface area contributed by atoms with Crippen molar-refractivity contribution in [3.8, 4) is 0 Å². The summed E-state index contributed by atoms with van der Waals surface area (Å²) in [7, 11) is 0. The maximum atomic E-state index is 12.6. The van der Waals surface area contributed by atoms with E-state index in [1.54, 1.807) is 9.13 Å². The van der Waals surface area contributed by atoms with Crippen molar-refractivity contribution in [3.63, 3.8) is 0 Å². The first-order valence-corrected chi connectivity index (χ1v) is 9.05. The minimum atomic E-state index is -0.115. The molecule has 7 heteroatoms. The van der Waals surface area contributed by atoms with E-state index in [1.165, 1.54) is 0 Å². The molecule has 2 aromatic heterocycles. The van der Waals surface area contributed by atoms with E-state index in [2.05, 4.69) is 15.3 Å². The number of aryl methyl sites for hydroxylation is 2. The van der Waals surface area contributed by atoms with Crippen LogP contribution >= 0.6 is 0 Å². The number of benzene rings is 2. The number of imidazole rings is 2. The molecule has 0 aliphatic rings. The maximum absolute atomic E-state index is 12.6. The molecule has 138 valence electrons. The second-order valence-electron chi connectivity index (χ2n) is 6.39. The van der Waals surface area contributed by atoms with Crippen LogP contribution in [-0.4, -0.2) is 25.0 Å². The van der Waals surface area contributed by atoms with Crippen molar-refractivity contribution in [2.45, 2.75) is 33.0 Å². The molecule has 0 spiro atoms. The Labute approximate surface area is 155 Å². The van der Waals surface area contributed by atoms with Crippen molar-refractivity contribution in [2.24, 2.45) is 0 Å². The van der Waals surface area contributed by atoms with Crippen LogP contribution in [0.1, 0.15) is 19.2 Å². The maximum Gasteiger partial charge on any atom is 0.329 e. The summed E-state index contributed by atoms with van der Waals surface area (Å²) in [5, 5.41) is 2.86. The van der Waals surface area contributed by atoms with E-state index in [9.17, 15) is 9.59 Å². The van der Waals surface area contributed by atoms with E-state index >= 15 is 0 Å². The molecule has 0 bridgehead atoms. The topological polar surface area (TPSA) is 84.7 Å². The molecular weight excluding hydrogens is 342 g/mol. The van der Waals surface area contributed by atoms with E-state index in [4.69, 9.17) is 0 Å². The Morgan fingerprint density at radius 2 is 1.78 bits per heavy atom. The zero-order valence-corrected chi connectivity index (χ0v) is 15.1. The predicted molar refractivity (Wildman–Crippen MR) is 104 cm³/mol. The Bertz CT molecular complexity index is 1140. The van der Waals surface area contributed by atoms with E-state index in [0.717, 1.165) is 22.1 Å². The summed E-state index contributed by atoms with van der Waals surface area (Å²) in [4.78, 5) is 32.5. The number of hydrogen-bond donors (Lipinski definition) is 2. The first-order valence-electron chi connectivity index (χ1n) is 9.05. The fraction of sp³-hybridized carbons (Fsp3) is 0.250. The Morgan fingerprint density at radius 1 is 1.07 bits per heavy atom. The number of aromatic amines is 1. The van der Waals surface area contributed by atoms with Gasteiger partial charge in [0.1, 0.15) is 5.82 Å². The molecular formula is C20H21N5O2. The van der Waals surface area contributed by atoms with Gasteiger partial charge < -0.3 is 10.3 Å². The standard InChI is InChI=1S/C20H21N5O2/c1-2-24-16-9-5-6-10-17(16)25(20(24)27)12-11-19(26)21-13-18-22-14-7-3-4-8-15(14)23-18/h3-10H,2,11-13H2,1H3,(H,21,26)(H,22,23). The quantitative estimate of drug-likeness (QED) is 0.552. The third-order valence-electron chi connectivity index (χ3n) is 4.70. The van der Waals surface area contributed by atoms with Gasteiger partial charge in [-0.25, -0.2) is 9.78 Å². The molecule has 1 amide bonds. The van der Waals surface area contributed by atoms with Gasteiger partial charge in [-0.05, 0) is 31.2 Å². The lowest BCUT2D eigenvalue weighted by atomic mass is 10.3. The molecule has 0 aliphatic heterocycles. The van der Waals surface area contributed by atoms with Crippen molar-refractivity contribution in [3.05, 3.63) is 64.8 Å². The normalized spacial score (nSPS) is 11.3. The average molecular weight is 363 g/mol. The third kappa shape index (κ3) is 3.23. The van der Waals surface area contributed by atoms with Gasteiger partial charge in [0.2, 0.25) is 5.91 Å². The van der Waals surface area contributed by atoms with Crippen molar-refractivity contribution in [2.75, 3.05) is 0 Å². The van der Waals surface area contributed by atoms with Crippen LogP contribution in [0.15, 0.2) is 53.3 Å². The Balaban J connectivity index is 1.43. The molecule has 7 nitrogen and oxygen atoms in total.